The van der Waals surface area contributed by atoms with Gasteiger partial charge in [0.1, 0.15) is 5.69 Å². The number of anilines is 2. The Morgan fingerprint density at radius 2 is 1.94 bits per heavy atom. The number of hydrogen-bond acceptors (Lipinski definition) is 6. The average Bonchev–Trinajstić information content (AvgIpc) is 2.29. The van der Waals surface area contributed by atoms with Gasteiger partial charge in [-0.1, -0.05) is 11.6 Å². The quantitative estimate of drug-likeness (QED) is 0.453. The minimum absolute atomic E-state index is 0.104. The molecule has 0 saturated carbocycles. The van der Waals surface area contributed by atoms with Gasteiger partial charge in [0.25, 0.3) is 5.91 Å². The van der Waals surface area contributed by atoms with Crippen LogP contribution in [0.25, 0.3) is 0 Å². The number of hydroxylamine groups is 1. The number of hydrogen-bond donors (Lipinski definition) is 4. The highest BCUT2D eigenvalue weighted by molar-refractivity contribution is 6.40. The Kier molecular flexibility index (Phi) is 4.24. The van der Waals surface area contributed by atoms with E-state index in [-0.39, 0.29) is 21.6 Å². The molecule has 9 heteroatoms. The van der Waals surface area contributed by atoms with Crippen molar-refractivity contribution in [2.45, 2.75) is 0 Å². The number of amides is 2. The first-order chi connectivity index (χ1) is 7.95. The van der Waals surface area contributed by atoms with Gasteiger partial charge in [-0.05, 0) is 18.2 Å². The molecule has 1 aromatic rings. The molecular formula is C8H7ClN3O5-. The van der Waals surface area contributed by atoms with Crippen molar-refractivity contribution < 1.29 is 20.0 Å². The maximum absolute atomic E-state index is 11.1. The van der Waals surface area contributed by atoms with Crippen molar-refractivity contribution >= 4 is 34.8 Å². The van der Waals surface area contributed by atoms with Crippen molar-refractivity contribution in [3.8, 4) is 0 Å². The van der Waals surface area contributed by atoms with E-state index < -0.39 is 11.8 Å². The van der Waals surface area contributed by atoms with Crippen LogP contribution < -0.4 is 16.0 Å². The molecular weight excluding hydrogens is 254 g/mol. The fourth-order valence-electron chi connectivity index (χ4n) is 1.00. The van der Waals surface area contributed by atoms with Gasteiger partial charge in [-0.25, -0.2) is 0 Å². The van der Waals surface area contributed by atoms with Gasteiger partial charge in [0.15, 0.2) is 0 Å². The summed E-state index contributed by atoms with van der Waals surface area (Å²) in [6, 6.07) is 3.71. The molecule has 0 unspecified atom stereocenters. The number of halogens is 1. The standard InChI is InChI=1S/C8H7ClN3O5/c9-4-1-2-5(6(3-4)12(16)17)10-7(13)8(14)11-15/h1-3,16-17H,(H2-,10,11,13,14,15)/q-1. The lowest BCUT2D eigenvalue weighted by Crippen LogP contribution is -2.32. The van der Waals surface area contributed by atoms with Crippen molar-refractivity contribution in [3.63, 3.8) is 0 Å². The molecule has 4 N–H and O–H groups in total. The summed E-state index contributed by atoms with van der Waals surface area (Å²) in [5, 5.41) is 29.5. The van der Waals surface area contributed by atoms with Crippen LogP contribution in [-0.2, 0) is 9.59 Å². The lowest BCUT2D eigenvalue weighted by molar-refractivity contribution is -0.135. The molecule has 0 aliphatic heterocycles. The number of benzene rings is 1. The molecule has 2 amide bonds. The van der Waals surface area contributed by atoms with Crippen molar-refractivity contribution in [1.82, 2.24) is 5.48 Å². The second-order valence-corrected chi connectivity index (χ2v) is 3.27. The lowest BCUT2D eigenvalue weighted by atomic mass is 10.2. The van der Waals surface area contributed by atoms with Crippen LogP contribution in [0.1, 0.15) is 0 Å². The third-order valence-electron chi connectivity index (χ3n) is 1.72. The molecule has 17 heavy (non-hydrogen) atoms. The highest BCUT2D eigenvalue weighted by atomic mass is 35.5. The molecule has 0 aromatic heterocycles. The number of rotatable bonds is 2. The number of carbonyl (C=O) groups is 2. The second kappa shape index (κ2) is 5.46. The zero-order valence-electron chi connectivity index (χ0n) is 8.18. The summed E-state index contributed by atoms with van der Waals surface area (Å²) in [5.41, 5.74) is 0.516. The molecule has 0 aliphatic rings. The van der Waals surface area contributed by atoms with Gasteiger partial charge in [0.05, 0.1) is 5.69 Å². The summed E-state index contributed by atoms with van der Waals surface area (Å²) in [6.07, 6.45) is 0. The molecule has 1 rings (SSSR count). The Labute approximate surface area is 99.9 Å². The van der Waals surface area contributed by atoms with Crippen LogP contribution >= 0.6 is 11.6 Å². The lowest BCUT2D eigenvalue weighted by Gasteiger charge is -2.15. The molecule has 8 nitrogen and oxygen atoms in total. The first-order valence-corrected chi connectivity index (χ1v) is 4.54. The average molecular weight is 261 g/mol. The fraction of sp³-hybridized carbons (Fsp3) is 0. The maximum atomic E-state index is 11.1. The minimum Gasteiger partial charge on any atom is -0.759 e. The normalized spacial score (nSPS) is 9.65. The highest BCUT2D eigenvalue weighted by Gasteiger charge is 2.14. The molecule has 0 fully saturated rings. The summed E-state index contributed by atoms with van der Waals surface area (Å²) in [5.74, 6) is -2.65. The topological polar surface area (TPSA) is 125 Å². The largest absolute Gasteiger partial charge is 0.759 e. The Morgan fingerprint density at radius 3 is 2.47 bits per heavy atom. The van der Waals surface area contributed by atoms with Crippen molar-refractivity contribution in [2.75, 3.05) is 10.5 Å². The van der Waals surface area contributed by atoms with Crippen LogP contribution in [0.3, 0.4) is 0 Å². The Hall–Kier alpha value is -1.87. The summed E-state index contributed by atoms with van der Waals surface area (Å²) in [6.45, 7) is 0. The molecule has 0 radical (unpaired) electrons. The third kappa shape index (κ3) is 3.29. The summed E-state index contributed by atoms with van der Waals surface area (Å²) < 4.78 is 0. The number of nitrogens with zero attached hydrogens (tertiary/aromatic N) is 1. The Bertz CT molecular complexity index is 451. The van der Waals surface area contributed by atoms with Gasteiger partial charge in [0.2, 0.25) is 0 Å². The van der Waals surface area contributed by atoms with E-state index in [1.807, 2.05) is 5.32 Å². The van der Waals surface area contributed by atoms with E-state index in [0.29, 0.717) is 0 Å². The Balaban J connectivity index is 2.98. The van der Waals surface area contributed by atoms with Crippen LogP contribution in [0.4, 0.5) is 11.4 Å². The van der Waals surface area contributed by atoms with Gasteiger partial charge in [0, 0.05) is 5.02 Å². The minimum atomic E-state index is -1.41. The van der Waals surface area contributed by atoms with E-state index in [0.717, 1.165) is 11.5 Å². The van der Waals surface area contributed by atoms with Crippen LogP contribution in [0.5, 0.6) is 0 Å². The predicted molar refractivity (Wildman–Crippen MR) is 57.6 cm³/mol. The van der Waals surface area contributed by atoms with Crippen LogP contribution in [-0.4, -0.2) is 22.2 Å². The summed E-state index contributed by atoms with van der Waals surface area (Å²) >= 11 is 5.60. The van der Waals surface area contributed by atoms with Crippen molar-refractivity contribution in [1.29, 1.82) is 0 Å². The molecule has 0 atom stereocenters. The molecule has 0 bridgehead atoms. The highest BCUT2D eigenvalue weighted by Crippen LogP contribution is 2.27. The number of carbonyl (C=O) groups excluding carboxylic acids is 2. The SMILES string of the molecule is O=C(N[O-])C(=O)Nc1ccc(Cl)cc1N(O)O. The van der Waals surface area contributed by atoms with Crippen molar-refractivity contribution in [2.24, 2.45) is 0 Å². The van der Waals surface area contributed by atoms with Gasteiger partial charge < -0.3 is 16.0 Å². The monoisotopic (exact) mass is 260 g/mol. The molecule has 1 aromatic carbocycles. The number of nitrogens with one attached hydrogen (secondary N) is 2. The third-order valence-corrected chi connectivity index (χ3v) is 1.96. The van der Waals surface area contributed by atoms with Crippen LogP contribution in [0.15, 0.2) is 18.2 Å². The van der Waals surface area contributed by atoms with Crippen molar-refractivity contribution in [3.05, 3.63) is 28.4 Å². The summed E-state index contributed by atoms with van der Waals surface area (Å²) in [4.78, 5) is 21.7. The van der Waals surface area contributed by atoms with E-state index in [9.17, 15) is 14.8 Å². The van der Waals surface area contributed by atoms with Crippen LogP contribution in [0.2, 0.25) is 5.02 Å². The summed E-state index contributed by atoms with van der Waals surface area (Å²) in [7, 11) is 0. The zero-order valence-corrected chi connectivity index (χ0v) is 8.93. The van der Waals surface area contributed by atoms with E-state index in [1.54, 1.807) is 0 Å². The maximum Gasteiger partial charge on any atom is 0.312 e. The molecule has 92 valence electrons. The Morgan fingerprint density at radius 1 is 1.29 bits per heavy atom. The molecule has 0 spiro atoms. The smallest absolute Gasteiger partial charge is 0.312 e. The zero-order chi connectivity index (χ0) is 13.0. The van der Waals surface area contributed by atoms with E-state index >= 15 is 0 Å². The first kappa shape index (κ1) is 13.2. The van der Waals surface area contributed by atoms with Gasteiger partial charge in [-0.2, -0.15) is 0 Å². The van der Waals surface area contributed by atoms with Gasteiger partial charge in [-0.3, -0.25) is 20.0 Å². The predicted octanol–water partition coefficient (Wildman–Crippen LogP) is 0.477. The first-order valence-electron chi connectivity index (χ1n) is 4.16. The molecule has 0 aliphatic carbocycles. The van der Waals surface area contributed by atoms with E-state index in [2.05, 4.69) is 0 Å². The van der Waals surface area contributed by atoms with Gasteiger partial charge >= 0.3 is 5.91 Å². The van der Waals surface area contributed by atoms with E-state index in [1.165, 1.54) is 12.1 Å². The fourth-order valence-corrected chi connectivity index (χ4v) is 1.17. The van der Waals surface area contributed by atoms with Gasteiger partial charge in [-0.15, -0.1) is 5.23 Å². The molecule has 0 saturated heterocycles. The second-order valence-electron chi connectivity index (χ2n) is 2.84. The van der Waals surface area contributed by atoms with Crippen LogP contribution in [0, 0.1) is 5.21 Å². The van der Waals surface area contributed by atoms with E-state index in [4.69, 9.17) is 22.0 Å². The molecule has 0 heterocycles.